The molecule has 6 heteroatoms. The SMILES string of the molecule is NCCc1nc(C(=O)NCCc2ccc(O)cc2)cs1. The van der Waals surface area contributed by atoms with Gasteiger partial charge in [-0.15, -0.1) is 11.3 Å². The van der Waals surface area contributed by atoms with Gasteiger partial charge in [0.1, 0.15) is 11.4 Å². The zero-order chi connectivity index (χ0) is 14.4. The highest BCUT2D eigenvalue weighted by Gasteiger charge is 2.09. The molecule has 20 heavy (non-hydrogen) atoms. The van der Waals surface area contributed by atoms with Gasteiger partial charge in [0.25, 0.3) is 5.91 Å². The van der Waals surface area contributed by atoms with Gasteiger partial charge in [0.05, 0.1) is 5.01 Å². The van der Waals surface area contributed by atoms with E-state index in [0.29, 0.717) is 31.6 Å². The monoisotopic (exact) mass is 291 g/mol. The van der Waals surface area contributed by atoms with Gasteiger partial charge >= 0.3 is 0 Å². The molecular formula is C14H17N3O2S. The van der Waals surface area contributed by atoms with E-state index < -0.39 is 0 Å². The van der Waals surface area contributed by atoms with Crippen LogP contribution in [0.3, 0.4) is 0 Å². The number of rotatable bonds is 6. The Morgan fingerprint density at radius 1 is 1.30 bits per heavy atom. The Morgan fingerprint density at radius 2 is 2.05 bits per heavy atom. The third-order valence-electron chi connectivity index (χ3n) is 2.78. The summed E-state index contributed by atoms with van der Waals surface area (Å²) in [5, 5.41) is 14.6. The third kappa shape index (κ3) is 4.04. The zero-order valence-corrected chi connectivity index (χ0v) is 11.8. The zero-order valence-electron chi connectivity index (χ0n) is 11.0. The third-order valence-corrected chi connectivity index (χ3v) is 3.69. The highest BCUT2D eigenvalue weighted by atomic mass is 32.1. The number of thiazole rings is 1. The minimum absolute atomic E-state index is 0.164. The quantitative estimate of drug-likeness (QED) is 0.749. The van der Waals surface area contributed by atoms with Crippen LogP contribution in [0, 0.1) is 0 Å². The lowest BCUT2D eigenvalue weighted by atomic mass is 10.1. The number of carbonyl (C=O) groups excluding carboxylic acids is 1. The van der Waals surface area contributed by atoms with Gasteiger partial charge in [-0.1, -0.05) is 12.1 Å². The van der Waals surface area contributed by atoms with Crippen LogP contribution in [-0.2, 0) is 12.8 Å². The minimum Gasteiger partial charge on any atom is -0.508 e. The molecule has 0 aliphatic rings. The van der Waals surface area contributed by atoms with Crippen LogP contribution in [0.25, 0.3) is 0 Å². The van der Waals surface area contributed by atoms with Crippen LogP contribution in [0.4, 0.5) is 0 Å². The van der Waals surface area contributed by atoms with Gasteiger partial charge in [-0.2, -0.15) is 0 Å². The van der Waals surface area contributed by atoms with Crippen LogP contribution in [0.15, 0.2) is 29.6 Å². The summed E-state index contributed by atoms with van der Waals surface area (Å²) in [5.41, 5.74) is 6.96. The number of nitrogens with one attached hydrogen (secondary N) is 1. The molecule has 0 saturated carbocycles. The summed E-state index contributed by atoms with van der Waals surface area (Å²) in [5.74, 6) is 0.0796. The van der Waals surface area contributed by atoms with E-state index >= 15 is 0 Å². The van der Waals surface area contributed by atoms with E-state index in [2.05, 4.69) is 10.3 Å². The van der Waals surface area contributed by atoms with Gasteiger partial charge in [0, 0.05) is 18.3 Å². The van der Waals surface area contributed by atoms with Crippen LogP contribution >= 0.6 is 11.3 Å². The second-order valence-corrected chi connectivity index (χ2v) is 5.28. The predicted octanol–water partition coefficient (Wildman–Crippen LogP) is 1.32. The average molecular weight is 291 g/mol. The van der Waals surface area contributed by atoms with Gasteiger partial charge < -0.3 is 16.2 Å². The summed E-state index contributed by atoms with van der Waals surface area (Å²) >= 11 is 1.45. The van der Waals surface area contributed by atoms with Crippen molar-refractivity contribution in [3.05, 3.63) is 45.9 Å². The minimum atomic E-state index is -0.164. The first-order chi connectivity index (χ1) is 9.69. The number of aromatic nitrogens is 1. The summed E-state index contributed by atoms with van der Waals surface area (Å²) in [6, 6.07) is 6.95. The van der Waals surface area contributed by atoms with Crippen molar-refractivity contribution in [1.82, 2.24) is 10.3 Å². The molecule has 2 rings (SSSR count). The van der Waals surface area contributed by atoms with Crippen LogP contribution in [-0.4, -0.2) is 29.1 Å². The number of nitrogens with two attached hydrogens (primary N) is 1. The van der Waals surface area contributed by atoms with Crippen molar-refractivity contribution in [3.63, 3.8) is 0 Å². The molecule has 1 aromatic heterocycles. The maximum Gasteiger partial charge on any atom is 0.270 e. The fraction of sp³-hybridized carbons (Fsp3) is 0.286. The van der Waals surface area contributed by atoms with Gasteiger partial charge in [0.2, 0.25) is 0 Å². The molecule has 1 heterocycles. The van der Waals surface area contributed by atoms with E-state index in [-0.39, 0.29) is 11.7 Å². The lowest BCUT2D eigenvalue weighted by Crippen LogP contribution is -2.26. The number of aromatic hydroxyl groups is 1. The molecule has 4 N–H and O–H groups in total. The fourth-order valence-electron chi connectivity index (χ4n) is 1.73. The Labute approximate surface area is 121 Å². The Hall–Kier alpha value is -1.92. The maximum atomic E-state index is 11.9. The first-order valence-corrected chi connectivity index (χ1v) is 7.27. The summed E-state index contributed by atoms with van der Waals surface area (Å²) in [4.78, 5) is 16.1. The Balaban J connectivity index is 1.81. The number of hydrogen-bond donors (Lipinski definition) is 3. The molecule has 0 spiro atoms. The van der Waals surface area contributed by atoms with Crippen LogP contribution in [0.1, 0.15) is 21.1 Å². The van der Waals surface area contributed by atoms with Crippen molar-refractivity contribution in [1.29, 1.82) is 0 Å². The first-order valence-electron chi connectivity index (χ1n) is 6.39. The van der Waals surface area contributed by atoms with Crippen LogP contribution in [0.5, 0.6) is 5.75 Å². The number of phenolic OH excluding ortho intramolecular Hbond substituents is 1. The van der Waals surface area contributed by atoms with Crippen molar-refractivity contribution in [3.8, 4) is 5.75 Å². The summed E-state index contributed by atoms with van der Waals surface area (Å²) < 4.78 is 0. The number of benzene rings is 1. The van der Waals surface area contributed by atoms with Crippen LogP contribution < -0.4 is 11.1 Å². The molecule has 0 fully saturated rings. The number of nitrogens with zero attached hydrogens (tertiary/aromatic N) is 1. The fourth-order valence-corrected chi connectivity index (χ4v) is 2.52. The Morgan fingerprint density at radius 3 is 2.75 bits per heavy atom. The number of phenols is 1. The van der Waals surface area contributed by atoms with E-state index in [1.54, 1.807) is 17.5 Å². The van der Waals surface area contributed by atoms with E-state index in [4.69, 9.17) is 5.73 Å². The van der Waals surface area contributed by atoms with E-state index in [9.17, 15) is 9.90 Å². The molecular weight excluding hydrogens is 274 g/mol. The first kappa shape index (κ1) is 14.5. The lowest BCUT2D eigenvalue weighted by molar-refractivity contribution is 0.0949. The highest BCUT2D eigenvalue weighted by molar-refractivity contribution is 7.09. The van der Waals surface area contributed by atoms with E-state index in [1.807, 2.05) is 12.1 Å². The highest BCUT2D eigenvalue weighted by Crippen LogP contribution is 2.11. The molecule has 0 bridgehead atoms. The standard InChI is InChI=1S/C14H17N3O2S/c15-7-5-13-17-12(9-20-13)14(19)16-8-6-10-1-3-11(18)4-2-10/h1-4,9,18H,5-8,15H2,(H,16,19). The Kier molecular flexibility index (Phi) is 5.09. The molecule has 0 unspecified atom stereocenters. The van der Waals surface area contributed by atoms with E-state index in [0.717, 1.165) is 10.6 Å². The molecule has 106 valence electrons. The molecule has 2 aromatic rings. The largest absolute Gasteiger partial charge is 0.508 e. The molecule has 0 aliphatic carbocycles. The van der Waals surface area contributed by atoms with Gasteiger partial charge in [-0.05, 0) is 30.7 Å². The van der Waals surface area contributed by atoms with Crippen molar-refractivity contribution < 1.29 is 9.90 Å². The second-order valence-electron chi connectivity index (χ2n) is 4.34. The van der Waals surface area contributed by atoms with Gasteiger partial charge in [-0.3, -0.25) is 4.79 Å². The molecule has 0 radical (unpaired) electrons. The number of hydrogen-bond acceptors (Lipinski definition) is 5. The van der Waals surface area contributed by atoms with Crippen LogP contribution in [0.2, 0.25) is 0 Å². The number of amides is 1. The number of carbonyl (C=O) groups is 1. The average Bonchev–Trinajstić information content (AvgIpc) is 2.90. The predicted molar refractivity (Wildman–Crippen MR) is 79.0 cm³/mol. The molecule has 5 nitrogen and oxygen atoms in total. The normalized spacial score (nSPS) is 10.4. The molecule has 1 amide bonds. The molecule has 1 aromatic carbocycles. The summed E-state index contributed by atoms with van der Waals surface area (Å²) in [6.07, 6.45) is 1.41. The Bertz CT molecular complexity index is 566. The molecule has 0 saturated heterocycles. The van der Waals surface area contributed by atoms with Crippen molar-refractivity contribution in [2.75, 3.05) is 13.1 Å². The lowest BCUT2D eigenvalue weighted by Gasteiger charge is -2.03. The summed E-state index contributed by atoms with van der Waals surface area (Å²) in [6.45, 7) is 1.07. The molecule has 0 aliphatic heterocycles. The smallest absolute Gasteiger partial charge is 0.270 e. The van der Waals surface area contributed by atoms with E-state index in [1.165, 1.54) is 11.3 Å². The van der Waals surface area contributed by atoms with Gasteiger partial charge in [-0.25, -0.2) is 4.98 Å². The topological polar surface area (TPSA) is 88.2 Å². The maximum absolute atomic E-state index is 11.9. The van der Waals surface area contributed by atoms with Crippen molar-refractivity contribution in [2.24, 2.45) is 5.73 Å². The van der Waals surface area contributed by atoms with Crippen molar-refractivity contribution >= 4 is 17.2 Å². The molecule has 0 atom stereocenters. The van der Waals surface area contributed by atoms with Gasteiger partial charge in [0.15, 0.2) is 0 Å². The van der Waals surface area contributed by atoms with Crippen molar-refractivity contribution in [2.45, 2.75) is 12.8 Å². The second kappa shape index (κ2) is 7.02. The summed E-state index contributed by atoms with van der Waals surface area (Å²) in [7, 11) is 0.